The number of benzene rings is 1. The molecule has 0 N–H and O–H groups in total. The average molecular weight is 210 g/mol. The molecule has 0 atom stereocenters. The van der Waals surface area contributed by atoms with Crippen LogP contribution in [0.1, 0.15) is 19.4 Å². The average Bonchev–Trinajstić information content (AvgIpc) is 2.19. The van der Waals surface area contributed by atoms with Gasteiger partial charge in [0, 0.05) is 7.11 Å². The van der Waals surface area contributed by atoms with Crippen LogP contribution in [0.3, 0.4) is 0 Å². The molecule has 0 bridgehead atoms. The summed E-state index contributed by atoms with van der Waals surface area (Å²) in [6.07, 6.45) is 0.840. The van der Waals surface area contributed by atoms with E-state index in [0.29, 0.717) is 0 Å². The second-order valence-electron chi connectivity index (χ2n) is 3.67. The van der Waals surface area contributed by atoms with Crippen LogP contribution in [0.4, 0.5) is 0 Å². The van der Waals surface area contributed by atoms with Crippen LogP contribution in [-0.4, -0.2) is 23.6 Å². The molecule has 0 aromatic heterocycles. The van der Waals surface area contributed by atoms with Gasteiger partial charge in [0.05, 0.1) is 22.1 Å². The molecule has 0 aliphatic carbocycles. The SMILES string of the molecule is COC(C)(C)c1ccc(OC[SiH3])cc1. The molecule has 0 saturated heterocycles. The van der Waals surface area contributed by atoms with E-state index in [9.17, 15) is 0 Å². The fraction of sp³-hybridized carbons (Fsp3) is 0.455. The Morgan fingerprint density at radius 2 is 1.79 bits per heavy atom. The van der Waals surface area contributed by atoms with E-state index in [0.717, 1.165) is 22.2 Å². The fourth-order valence-corrected chi connectivity index (χ4v) is 1.57. The first kappa shape index (κ1) is 11.3. The third-order valence-corrected chi connectivity index (χ3v) is 2.66. The third kappa shape index (κ3) is 2.59. The van der Waals surface area contributed by atoms with Crippen molar-refractivity contribution >= 4 is 10.2 Å². The zero-order valence-corrected chi connectivity index (χ0v) is 11.3. The van der Waals surface area contributed by atoms with Gasteiger partial charge < -0.3 is 9.47 Å². The van der Waals surface area contributed by atoms with Gasteiger partial charge in [0.1, 0.15) is 5.75 Å². The molecule has 0 amide bonds. The van der Waals surface area contributed by atoms with Gasteiger partial charge in [-0.2, -0.15) is 0 Å². The predicted octanol–water partition coefficient (Wildman–Crippen LogP) is 1.27. The molecule has 1 aromatic carbocycles. The number of ether oxygens (including phenoxy) is 2. The molecule has 0 heterocycles. The highest BCUT2D eigenvalue weighted by atomic mass is 28.1. The van der Waals surface area contributed by atoms with Crippen LogP contribution in [0.15, 0.2) is 24.3 Å². The van der Waals surface area contributed by atoms with Gasteiger partial charge in [0.2, 0.25) is 0 Å². The fourth-order valence-electron chi connectivity index (χ4n) is 1.24. The van der Waals surface area contributed by atoms with Crippen LogP contribution in [0.5, 0.6) is 5.75 Å². The van der Waals surface area contributed by atoms with E-state index in [1.807, 2.05) is 12.1 Å². The zero-order chi connectivity index (χ0) is 10.6. The lowest BCUT2D eigenvalue weighted by atomic mass is 9.98. The van der Waals surface area contributed by atoms with Gasteiger partial charge in [0.15, 0.2) is 0 Å². The topological polar surface area (TPSA) is 18.5 Å². The Morgan fingerprint density at radius 1 is 1.21 bits per heavy atom. The molecule has 0 aliphatic rings. The molecule has 0 saturated carbocycles. The molecule has 14 heavy (non-hydrogen) atoms. The second-order valence-corrected chi connectivity index (χ2v) is 4.25. The third-order valence-electron chi connectivity index (χ3n) is 2.37. The van der Waals surface area contributed by atoms with E-state index in [1.54, 1.807) is 7.11 Å². The Labute approximate surface area is 88.7 Å². The molecule has 1 aromatic rings. The molecule has 0 aliphatic heterocycles. The first-order chi connectivity index (χ1) is 6.60. The normalized spacial score (nSPS) is 11.6. The van der Waals surface area contributed by atoms with Crippen molar-refractivity contribution in [3.05, 3.63) is 29.8 Å². The number of hydrogen-bond acceptors (Lipinski definition) is 2. The van der Waals surface area contributed by atoms with E-state index in [4.69, 9.17) is 9.47 Å². The van der Waals surface area contributed by atoms with Crippen molar-refractivity contribution in [2.24, 2.45) is 0 Å². The molecule has 0 radical (unpaired) electrons. The quantitative estimate of drug-likeness (QED) is 0.697. The smallest absolute Gasteiger partial charge is 0.118 e. The van der Waals surface area contributed by atoms with Crippen LogP contribution in [0, 0.1) is 0 Å². The van der Waals surface area contributed by atoms with Crippen molar-refractivity contribution in [3.8, 4) is 5.75 Å². The van der Waals surface area contributed by atoms with Gasteiger partial charge in [-0.3, -0.25) is 0 Å². The summed E-state index contributed by atoms with van der Waals surface area (Å²) >= 11 is 0. The van der Waals surface area contributed by atoms with E-state index in [1.165, 1.54) is 5.56 Å². The first-order valence-electron chi connectivity index (χ1n) is 4.88. The standard InChI is InChI=1S/C11H18O2Si/c1-11(2,12-3)9-4-6-10(7-5-9)13-8-14/h4-7H,8H2,1-3,14H3. The van der Waals surface area contributed by atoms with Gasteiger partial charge in [-0.1, -0.05) is 12.1 Å². The minimum absolute atomic E-state index is 0.223. The van der Waals surface area contributed by atoms with Crippen molar-refractivity contribution in [2.45, 2.75) is 19.4 Å². The molecule has 0 spiro atoms. The molecule has 1 rings (SSSR count). The second kappa shape index (κ2) is 4.62. The lowest BCUT2D eigenvalue weighted by Crippen LogP contribution is -2.19. The molecule has 3 heteroatoms. The van der Waals surface area contributed by atoms with Crippen LogP contribution in [-0.2, 0) is 10.3 Å². The van der Waals surface area contributed by atoms with Crippen molar-refractivity contribution in [3.63, 3.8) is 0 Å². The summed E-state index contributed by atoms with van der Waals surface area (Å²) in [5, 5.41) is 0. The zero-order valence-electron chi connectivity index (χ0n) is 9.33. The summed E-state index contributed by atoms with van der Waals surface area (Å²) in [5.74, 6) is 0.940. The Balaban J connectivity index is 2.82. The van der Waals surface area contributed by atoms with Crippen molar-refractivity contribution in [1.29, 1.82) is 0 Å². The molecule has 0 unspecified atom stereocenters. The highest BCUT2D eigenvalue weighted by molar-refractivity contribution is 6.08. The Hall–Kier alpha value is -0.803. The van der Waals surface area contributed by atoms with Crippen LogP contribution < -0.4 is 4.74 Å². The summed E-state index contributed by atoms with van der Waals surface area (Å²) in [4.78, 5) is 0. The summed E-state index contributed by atoms with van der Waals surface area (Å²) in [7, 11) is 2.79. The van der Waals surface area contributed by atoms with Crippen molar-refractivity contribution in [2.75, 3.05) is 13.3 Å². The summed E-state index contributed by atoms with van der Waals surface area (Å²) in [6.45, 7) is 4.10. The number of hydrogen-bond donors (Lipinski definition) is 0. The van der Waals surface area contributed by atoms with E-state index in [2.05, 4.69) is 26.0 Å². The highest BCUT2D eigenvalue weighted by Gasteiger charge is 2.18. The molecular formula is C11H18O2Si. The number of methoxy groups -OCH3 is 1. The monoisotopic (exact) mass is 210 g/mol. The molecule has 2 nitrogen and oxygen atoms in total. The highest BCUT2D eigenvalue weighted by Crippen LogP contribution is 2.25. The van der Waals surface area contributed by atoms with Gasteiger partial charge in [-0.15, -0.1) is 0 Å². The maximum Gasteiger partial charge on any atom is 0.118 e. The van der Waals surface area contributed by atoms with Crippen molar-refractivity contribution < 1.29 is 9.47 Å². The van der Waals surface area contributed by atoms with Gasteiger partial charge in [0.25, 0.3) is 0 Å². The minimum Gasteiger partial charge on any atom is -0.498 e. The molecular weight excluding hydrogens is 192 g/mol. The van der Waals surface area contributed by atoms with Crippen LogP contribution in [0.25, 0.3) is 0 Å². The van der Waals surface area contributed by atoms with Crippen LogP contribution in [0.2, 0.25) is 0 Å². The van der Waals surface area contributed by atoms with Gasteiger partial charge in [-0.25, -0.2) is 0 Å². The summed E-state index contributed by atoms with van der Waals surface area (Å²) < 4.78 is 10.8. The lowest BCUT2D eigenvalue weighted by Gasteiger charge is -2.23. The van der Waals surface area contributed by atoms with Gasteiger partial charge >= 0.3 is 0 Å². The number of rotatable bonds is 4. The van der Waals surface area contributed by atoms with Gasteiger partial charge in [-0.05, 0) is 31.5 Å². The van der Waals surface area contributed by atoms with E-state index >= 15 is 0 Å². The minimum atomic E-state index is -0.223. The lowest BCUT2D eigenvalue weighted by molar-refractivity contribution is 0.0192. The summed E-state index contributed by atoms with van der Waals surface area (Å²) in [6, 6.07) is 8.09. The molecule has 0 fully saturated rings. The maximum absolute atomic E-state index is 5.43. The summed E-state index contributed by atoms with van der Waals surface area (Å²) in [5.41, 5.74) is 0.945. The molecule has 78 valence electrons. The van der Waals surface area contributed by atoms with E-state index < -0.39 is 0 Å². The Morgan fingerprint density at radius 3 is 2.21 bits per heavy atom. The largest absolute Gasteiger partial charge is 0.498 e. The predicted molar refractivity (Wildman–Crippen MR) is 61.9 cm³/mol. The first-order valence-corrected chi connectivity index (χ1v) is 6.30. The van der Waals surface area contributed by atoms with Crippen molar-refractivity contribution in [1.82, 2.24) is 0 Å². The van der Waals surface area contributed by atoms with E-state index in [-0.39, 0.29) is 5.60 Å². The Bertz CT molecular complexity index is 280. The maximum atomic E-state index is 5.43. The van der Waals surface area contributed by atoms with Crippen LogP contribution >= 0.6 is 0 Å². The Kier molecular flexibility index (Phi) is 3.72.